The van der Waals surface area contributed by atoms with Gasteiger partial charge in [0.15, 0.2) is 5.15 Å². The molecule has 15 heavy (non-hydrogen) atoms. The van der Waals surface area contributed by atoms with Crippen LogP contribution >= 0.6 is 34.2 Å². The summed E-state index contributed by atoms with van der Waals surface area (Å²) in [5, 5.41) is 0.00454. The molecule has 0 amide bonds. The lowest BCUT2D eigenvalue weighted by Crippen LogP contribution is -2.10. The van der Waals surface area contributed by atoms with Crippen molar-refractivity contribution in [3.8, 4) is 0 Å². The van der Waals surface area contributed by atoms with E-state index >= 15 is 0 Å². The molecule has 2 rings (SSSR count). The molecule has 2 aromatic rings. The third kappa shape index (κ3) is 1.78. The van der Waals surface area contributed by atoms with E-state index in [2.05, 4.69) is 9.97 Å². The van der Waals surface area contributed by atoms with Crippen molar-refractivity contribution in [3.05, 3.63) is 27.1 Å². The number of halogens is 5. The van der Waals surface area contributed by atoms with Crippen molar-refractivity contribution in [2.75, 3.05) is 0 Å². The number of alkyl halides is 3. The van der Waals surface area contributed by atoms with E-state index in [-0.39, 0.29) is 14.4 Å². The quantitative estimate of drug-likeness (QED) is 0.686. The Kier molecular flexibility index (Phi) is 2.53. The van der Waals surface area contributed by atoms with E-state index in [4.69, 9.17) is 11.6 Å². The van der Waals surface area contributed by atoms with Gasteiger partial charge in [-0.15, -0.1) is 0 Å². The molecule has 80 valence electrons. The summed E-state index contributed by atoms with van der Waals surface area (Å²) in [5.41, 5.74) is 0.173. The standard InChI is InChI=1S/C7H2ClF3IN3/c8-4-3-5(12)14-6(7(9,10)11)15(3)2-1-13-4/h1-2H. The lowest BCUT2D eigenvalue weighted by Gasteiger charge is -2.04. The highest BCUT2D eigenvalue weighted by atomic mass is 127. The number of imidazole rings is 1. The largest absolute Gasteiger partial charge is 0.450 e. The van der Waals surface area contributed by atoms with Crippen molar-refractivity contribution in [1.82, 2.24) is 14.4 Å². The molecule has 2 heterocycles. The highest BCUT2D eigenvalue weighted by Gasteiger charge is 2.37. The van der Waals surface area contributed by atoms with Crippen molar-refractivity contribution in [3.63, 3.8) is 0 Å². The van der Waals surface area contributed by atoms with E-state index in [0.29, 0.717) is 0 Å². The smallest absolute Gasteiger partial charge is 0.291 e. The Hall–Kier alpha value is -0.570. The molecule has 0 aliphatic rings. The van der Waals surface area contributed by atoms with Crippen LogP contribution < -0.4 is 0 Å². The molecule has 2 aromatic heterocycles. The molecule has 0 aromatic carbocycles. The summed E-state index contributed by atoms with van der Waals surface area (Å²) in [7, 11) is 0. The van der Waals surface area contributed by atoms with E-state index in [1.165, 1.54) is 12.4 Å². The molecular weight excluding hydrogens is 345 g/mol. The highest BCUT2D eigenvalue weighted by molar-refractivity contribution is 14.1. The second kappa shape index (κ2) is 3.48. The third-order valence-corrected chi connectivity index (χ3v) is 2.75. The van der Waals surface area contributed by atoms with Gasteiger partial charge in [-0.05, 0) is 22.6 Å². The third-order valence-electron chi connectivity index (χ3n) is 1.72. The highest BCUT2D eigenvalue weighted by Crippen LogP contribution is 2.32. The molecule has 0 unspecified atom stereocenters. The van der Waals surface area contributed by atoms with Crippen molar-refractivity contribution in [2.45, 2.75) is 6.18 Å². The number of hydrogen-bond acceptors (Lipinski definition) is 2. The lowest BCUT2D eigenvalue weighted by molar-refractivity contribution is -0.145. The summed E-state index contributed by atoms with van der Waals surface area (Å²) in [6.07, 6.45) is -2.13. The maximum absolute atomic E-state index is 12.5. The van der Waals surface area contributed by atoms with E-state index < -0.39 is 12.0 Å². The molecule has 0 radical (unpaired) electrons. The predicted octanol–water partition coefficient (Wildman–Crippen LogP) is 3.01. The minimum atomic E-state index is -4.50. The van der Waals surface area contributed by atoms with Gasteiger partial charge in [-0.25, -0.2) is 9.97 Å². The minimum absolute atomic E-state index is 0.00454. The van der Waals surface area contributed by atoms with E-state index in [9.17, 15) is 13.2 Å². The fraction of sp³-hybridized carbons (Fsp3) is 0.143. The zero-order valence-corrected chi connectivity index (χ0v) is 9.80. The lowest BCUT2D eigenvalue weighted by atomic mass is 10.5. The maximum atomic E-state index is 12.5. The van der Waals surface area contributed by atoms with Gasteiger partial charge in [-0.3, -0.25) is 4.40 Å². The summed E-state index contributed by atoms with van der Waals surface area (Å²) in [6.45, 7) is 0. The van der Waals surface area contributed by atoms with Crippen LogP contribution in [0.2, 0.25) is 5.15 Å². The van der Waals surface area contributed by atoms with E-state index in [0.717, 1.165) is 4.40 Å². The van der Waals surface area contributed by atoms with Crippen LogP contribution in [0.5, 0.6) is 0 Å². The van der Waals surface area contributed by atoms with Crippen molar-refractivity contribution in [2.24, 2.45) is 0 Å². The van der Waals surface area contributed by atoms with Crippen LogP contribution in [0.15, 0.2) is 12.4 Å². The summed E-state index contributed by atoms with van der Waals surface area (Å²) >= 11 is 7.37. The molecule has 0 saturated heterocycles. The first-order valence-electron chi connectivity index (χ1n) is 3.66. The normalized spacial score (nSPS) is 12.3. The maximum Gasteiger partial charge on any atom is 0.450 e. The average Bonchev–Trinajstić information content (AvgIpc) is 2.44. The molecule has 3 nitrogen and oxygen atoms in total. The molecule has 0 bridgehead atoms. The minimum Gasteiger partial charge on any atom is -0.291 e. The molecule has 0 spiro atoms. The molecule has 0 aliphatic carbocycles. The summed E-state index contributed by atoms with van der Waals surface area (Å²) < 4.78 is 38.6. The van der Waals surface area contributed by atoms with Gasteiger partial charge in [0.1, 0.15) is 9.22 Å². The van der Waals surface area contributed by atoms with Gasteiger partial charge >= 0.3 is 6.18 Å². The van der Waals surface area contributed by atoms with Crippen LogP contribution in [0.4, 0.5) is 13.2 Å². The number of fused-ring (bicyclic) bond motifs is 1. The van der Waals surface area contributed by atoms with Gasteiger partial charge < -0.3 is 0 Å². The Morgan fingerprint density at radius 3 is 2.67 bits per heavy atom. The monoisotopic (exact) mass is 347 g/mol. The average molecular weight is 347 g/mol. The van der Waals surface area contributed by atoms with Crippen molar-refractivity contribution in [1.29, 1.82) is 0 Å². The molecule has 0 saturated carbocycles. The first-order chi connectivity index (χ1) is 6.91. The van der Waals surface area contributed by atoms with Gasteiger partial charge in [0.2, 0.25) is 5.82 Å². The topological polar surface area (TPSA) is 30.2 Å². The Morgan fingerprint density at radius 1 is 1.40 bits per heavy atom. The number of rotatable bonds is 0. The SMILES string of the molecule is FC(F)(F)c1nc(I)c2c(Cl)nccn12. The van der Waals surface area contributed by atoms with Gasteiger partial charge in [0.25, 0.3) is 0 Å². The molecule has 0 aliphatic heterocycles. The molecule has 0 fully saturated rings. The van der Waals surface area contributed by atoms with Crippen LogP contribution in [-0.2, 0) is 6.18 Å². The van der Waals surface area contributed by atoms with Crippen LogP contribution in [0.25, 0.3) is 5.52 Å². The van der Waals surface area contributed by atoms with Crippen LogP contribution in [0.3, 0.4) is 0 Å². The van der Waals surface area contributed by atoms with Crippen molar-refractivity contribution >= 4 is 39.7 Å². The van der Waals surface area contributed by atoms with E-state index in [1.54, 1.807) is 22.6 Å². The summed E-state index contributed by atoms with van der Waals surface area (Å²) in [5.74, 6) is -0.994. The van der Waals surface area contributed by atoms with E-state index in [1.807, 2.05) is 0 Å². The van der Waals surface area contributed by atoms with Crippen LogP contribution in [-0.4, -0.2) is 14.4 Å². The van der Waals surface area contributed by atoms with Gasteiger partial charge in [0.05, 0.1) is 0 Å². The Balaban J connectivity index is 2.85. The summed E-state index contributed by atoms with van der Waals surface area (Å²) in [4.78, 5) is 7.12. The second-order valence-electron chi connectivity index (χ2n) is 2.66. The molecule has 8 heteroatoms. The van der Waals surface area contributed by atoms with Crippen LogP contribution in [0, 0.1) is 3.70 Å². The Morgan fingerprint density at radius 2 is 2.07 bits per heavy atom. The first-order valence-corrected chi connectivity index (χ1v) is 5.12. The Labute approximate surface area is 100 Å². The fourth-order valence-electron chi connectivity index (χ4n) is 1.16. The van der Waals surface area contributed by atoms with Gasteiger partial charge in [-0.1, -0.05) is 11.6 Å². The second-order valence-corrected chi connectivity index (χ2v) is 4.04. The zero-order valence-electron chi connectivity index (χ0n) is 6.89. The number of nitrogens with zero attached hydrogens (tertiary/aromatic N) is 3. The number of aromatic nitrogens is 3. The fourth-order valence-corrected chi connectivity index (χ4v) is 2.30. The zero-order chi connectivity index (χ0) is 11.2. The Bertz CT molecular complexity index is 522. The summed E-state index contributed by atoms with van der Waals surface area (Å²) in [6, 6.07) is 0. The molecule has 0 N–H and O–H groups in total. The van der Waals surface area contributed by atoms with Gasteiger partial charge in [-0.2, -0.15) is 13.2 Å². The van der Waals surface area contributed by atoms with Crippen molar-refractivity contribution < 1.29 is 13.2 Å². The van der Waals surface area contributed by atoms with Gasteiger partial charge in [0, 0.05) is 12.4 Å². The molecule has 0 atom stereocenters. The predicted molar refractivity (Wildman–Crippen MR) is 55.7 cm³/mol. The molecular formula is C7H2ClF3IN3. The van der Waals surface area contributed by atoms with Crippen LogP contribution in [0.1, 0.15) is 5.82 Å². The first kappa shape index (κ1) is 10.9. The number of hydrogen-bond donors (Lipinski definition) is 0.